The highest BCUT2D eigenvalue weighted by molar-refractivity contribution is 5.87. The van der Waals surface area contributed by atoms with Gasteiger partial charge in [0.2, 0.25) is 0 Å². The second-order valence-electron chi connectivity index (χ2n) is 26.6. The van der Waals surface area contributed by atoms with Crippen molar-refractivity contribution in [3.8, 4) is 0 Å². The molecule has 462 valence electrons. The molecule has 0 aromatic rings. The molecule has 0 spiro atoms. The molecule has 11 N–H and O–H groups in total. The van der Waals surface area contributed by atoms with E-state index >= 15 is 0 Å². The van der Waals surface area contributed by atoms with Crippen LogP contribution >= 0.6 is 0 Å². The van der Waals surface area contributed by atoms with Crippen molar-refractivity contribution < 1.29 is 113 Å². The fourth-order valence-corrected chi connectivity index (χ4v) is 16.6. The van der Waals surface area contributed by atoms with Crippen LogP contribution in [0.2, 0.25) is 0 Å². The molecule has 25 atom stereocenters. The minimum Gasteiger partial charge on any atom is -0.515 e. The van der Waals surface area contributed by atoms with Gasteiger partial charge in [-0.2, -0.15) is 0 Å². The summed E-state index contributed by atoms with van der Waals surface area (Å²) in [6, 6.07) is 0. The first-order valence-electron chi connectivity index (χ1n) is 29.0. The molecule has 8 unspecified atom stereocenters. The lowest BCUT2D eigenvalue weighted by atomic mass is 9.33. The van der Waals surface area contributed by atoms with Gasteiger partial charge in [-0.05, 0) is 97.7 Å². The Morgan fingerprint density at radius 1 is 0.728 bits per heavy atom. The molecule has 0 aromatic heterocycles. The maximum Gasteiger partial charge on any atom is 0.338 e. The standard InChI is InChI=1S/C58H92O23/c1-11-12-19-73-49(72)45-38(65)29(25-74-50-42(69)40(67)33(24-61)76-50)44(79-51-43(70)41(68)39(66)32(23-60)77-51)52(80-45)78-37-16-17-55(8)34(54(37,6)7)15-18-56(9)35(55)14-13-30-31-20-53(4,5)46(75-28(3)63)47(81-48(71)27(2)22-59)58(31,26-62)36(64)21-57(30,56)10/h13,22,29,31-47,50-52,59-62,64-70H,11-12,14-21,23-26H2,1-10H3/b27-22-/t29-,31?,32?,33+,34?,35?,36-,37+,38+,39+,40?,41-,42+,43?,44?,45?,46+,47+,50-,51+,52-,55+,56-,57-,58+/m1/s1. The zero-order valence-corrected chi connectivity index (χ0v) is 48.5. The molecule has 0 bridgehead atoms. The summed E-state index contributed by atoms with van der Waals surface area (Å²) in [5.74, 6) is -4.30. The third-order valence-corrected chi connectivity index (χ3v) is 21.4. The molecule has 23 nitrogen and oxygen atoms in total. The number of fused-ring (bicyclic) bond motifs is 7. The van der Waals surface area contributed by atoms with Crippen molar-refractivity contribution in [1.82, 2.24) is 0 Å². The number of allylic oxidation sites excluding steroid dienone is 2. The van der Waals surface area contributed by atoms with Crippen molar-refractivity contribution in [3.05, 3.63) is 23.5 Å². The van der Waals surface area contributed by atoms with Crippen LogP contribution in [-0.4, -0.2) is 211 Å². The molecule has 0 aromatic carbocycles. The van der Waals surface area contributed by atoms with Crippen molar-refractivity contribution in [2.45, 2.75) is 231 Å². The first-order chi connectivity index (χ1) is 38.0. The maximum absolute atomic E-state index is 14.0. The van der Waals surface area contributed by atoms with Gasteiger partial charge in [-0.15, -0.1) is 0 Å². The van der Waals surface area contributed by atoms with Crippen LogP contribution < -0.4 is 0 Å². The number of hydrogen-bond acceptors (Lipinski definition) is 23. The predicted molar refractivity (Wildman–Crippen MR) is 281 cm³/mol. The summed E-state index contributed by atoms with van der Waals surface area (Å²) in [5.41, 5.74) is -3.50. The van der Waals surface area contributed by atoms with E-state index in [1.54, 1.807) is 0 Å². The van der Waals surface area contributed by atoms with E-state index in [1.165, 1.54) is 13.8 Å². The SMILES string of the molecule is CCCCOC(=O)C1O[C@@H](O[C@H]2CC[C@@]3(C)C(CC[C@]4(C)C3CC=C3C5CC(C)(C)[C@@H](OC(C)=O)[C@H](OC(=O)/C(C)=C\O)[C@]5(CO)[C@H](O)C[C@]34C)C2(C)C)C(O[C@@H]2OC(CO)[C@H](O)[C@@H](O)C2O)[C@H](CO[C@@H]2O[C@@H](CO)C(O)[C@@H]2O)[C@@H]1O. The van der Waals surface area contributed by atoms with Crippen molar-refractivity contribution in [2.75, 3.05) is 33.0 Å². The number of carbonyl (C=O) groups is 3. The summed E-state index contributed by atoms with van der Waals surface area (Å²) >= 11 is 0. The maximum atomic E-state index is 14.0. The Kier molecular flexibility index (Phi) is 19.0. The zero-order valence-electron chi connectivity index (χ0n) is 48.5. The lowest BCUT2D eigenvalue weighted by Crippen LogP contribution is -2.72. The monoisotopic (exact) mass is 1160 g/mol. The third-order valence-electron chi connectivity index (χ3n) is 21.4. The van der Waals surface area contributed by atoms with Crippen LogP contribution in [0, 0.1) is 56.2 Å². The van der Waals surface area contributed by atoms with E-state index in [4.69, 9.17) is 42.6 Å². The number of rotatable bonds is 17. The largest absolute Gasteiger partial charge is 0.515 e. The van der Waals surface area contributed by atoms with Gasteiger partial charge in [0.05, 0.1) is 68.6 Å². The molecule has 3 heterocycles. The Morgan fingerprint density at radius 2 is 1.37 bits per heavy atom. The second kappa shape index (κ2) is 24.1. The van der Waals surface area contributed by atoms with Crippen molar-refractivity contribution in [1.29, 1.82) is 0 Å². The van der Waals surface area contributed by atoms with Gasteiger partial charge in [0.15, 0.2) is 31.1 Å². The van der Waals surface area contributed by atoms with Crippen LogP contribution in [0.4, 0.5) is 0 Å². The first kappa shape index (κ1) is 64.1. The highest BCUT2D eigenvalue weighted by Gasteiger charge is 2.74. The molecule has 4 saturated carbocycles. The predicted octanol–water partition coefficient (Wildman–Crippen LogP) is 1.35. The van der Waals surface area contributed by atoms with Crippen LogP contribution in [0.3, 0.4) is 0 Å². The molecule has 5 aliphatic carbocycles. The summed E-state index contributed by atoms with van der Waals surface area (Å²) in [6.45, 7) is 16.8. The van der Waals surface area contributed by atoms with E-state index in [9.17, 15) is 70.6 Å². The Balaban J connectivity index is 1.13. The van der Waals surface area contributed by atoms with Crippen molar-refractivity contribution in [2.24, 2.45) is 56.2 Å². The van der Waals surface area contributed by atoms with Gasteiger partial charge in [0.1, 0.15) is 54.9 Å². The van der Waals surface area contributed by atoms with Gasteiger partial charge >= 0.3 is 17.9 Å². The molecule has 0 amide bonds. The van der Waals surface area contributed by atoms with Crippen LogP contribution in [0.25, 0.3) is 0 Å². The summed E-state index contributed by atoms with van der Waals surface area (Å²) in [4.78, 5) is 40.2. The Morgan fingerprint density at radius 3 is 1.99 bits per heavy atom. The van der Waals surface area contributed by atoms with E-state index in [-0.39, 0.29) is 35.9 Å². The number of unbranched alkanes of at least 4 members (excludes halogenated alkanes) is 1. The Labute approximate surface area is 473 Å². The fourth-order valence-electron chi connectivity index (χ4n) is 16.6. The van der Waals surface area contributed by atoms with E-state index in [1.807, 2.05) is 20.8 Å². The third kappa shape index (κ3) is 10.8. The van der Waals surface area contributed by atoms with E-state index in [2.05, 4.69) is 40.7 Å². The number of carbonyl (C=O) groups excluding carboxylic acids is 3. The normalized spacial score (nSPS) is 47.4. The molecule has 7 fully saturated rings. The van der Waals surface area contributed by atoms with Gasteiger partial charge < -0.3 is 98.8 Å². The lowest BCUT2D eigenvalue weighted by molar-refractivity contribution is -0.373. The number of ether oxygens (including phenoxy) is 9. The summed E-state index contributed by atoms with van der Waals surface area (Å²) in [5, 5.41) is 121. The van der Waals surface area contributed by atoms with E-state index in [0.717, 1.165) is 5.57 Å². The Hall–Kier alpha value is -2.95. The first-order valence-corrected chi connectivity index (χ1v) is 29.0. The topological polar surface area (TPSA) is 357 Å². The summed E-state index contributed by atoms with van der Waals surface area (Å²) < 4.78 is 55.1. The van der Waals surface area contributed by atoms with Gasteiger partial charge in [-0.1, -0.05) is 73.5 Å². The zero-order chi connectivity index (χ0) is 59.7. The van der Waals surface area contributed by atoms with Gasteiger partial charge in [-0.25, -0.2) is 9.59 Å². The lowest BCUT2D eigenvalue weighted by Gasteiger charge is -2.72. The average Bonchev–Trinajstić information content (AvgIpc) is 2.24. The molecule has 8 aliphatic rings. The molecule has 8 rings (SSSR count). The molecule has 23 heteroatoms. The minimum atomic E-state index is -1.92. The van der Waals surface area contributed by atoms with Crippen molar-refractivity contribution >= 4 is 17.9 Å². The number of aliphatic hydroxyl groups is 11. The number of aliphatic hydroxyl groups excluding tert-OH is 11. The molecule has 3 aliphatic heterocycles. The average molecular weight is 1160 g/mol. The summed E-state index contributed by atoms with van der Waals surface area (Å²) in [7, 11) is 0. The molecule has 0 radical (unpaired) electrons. The highest BCUT2D eigenvalue weighted by Crippen LogP contribution is 2.76. The number of esters is 3. The van der Waals surface area contributed by atoms with Crippen LogP contribution in [0.5, 0.6) is 0 Å². The van der Waals surface area contributed by atoms with E-state index < -0.39 is 188 Å². The molecular weight excluding hydrogens is 1060 g/mol. The van der Waals surface area contributed by atoms with Crippen LogP contribution in [0.15, 0.2) is 23.5 Å². The van der Waals surface area contributed by atoms with E-state index in [0.29, 0.717) is 57.6 Å². The molecular formula is C58H92O23. The Bertz CT molecular complexity index is 2310. The van der Waals surface area contributed by atoms with Gasteiger partial charge in [0, 0.05) is 18.3 Å². The highest BCUT2D eigenvalue weighted by atomic mass is 16.8. The molecule has 3 saturated heterocycles. The fraction of sp³-hybridized carbons (Fsp3) is 0.879. The van der Waals surface area contributed by atoms with Crippen LogP contribution in [-0.2, 0) is 57.0 Å². The summed E-state index contributed by atoms with van der Waals surface area (Å²) in [6.07, 6.45) is -17.7. The molecule has 81 heavy (non-hydrogen) atoms. The minimum absolute atomic E-state index is 0.00302. The van der Waals surface area contributed by atoms with Crippen molar-refractivity contribution in [3.63, 3.8) is 0 Å². The smallest absolute Gasteiger partial charge is 0.338 e. The van der Waals surface area contributed by atoms with Gasteiger partial charge in [-0.3, -0.25) is 4.79 Å². The number of hydrogen-bond donors (Lipinski definition) is 11. The second-order valence-corrected chi connectivity index (χ2v) is 26.6. The quantitative estimate of drug-likeness (QED) is 0.0186. The van der Waals surface area contributed by atoms with Gasteiger partial charge in [0.25, 0.3) is 0 Å². The van der Waals surface area contributed by atoms with Crippen LogP contribution in [0.1, 0.15) is 127 Å².